The van der Waals surface area contributed by atoms with Gasteiger partial charge in [0.05, 0.1) is 24.3 Å². The molecule has 1 aliphatic rings. The van der Waals surface area contributed by atoms with E-state index in [-0.39, 0.29) is 17.2 Å². The molecule has 0 radical (unpaired) electrons. The SMILES string of the molecule is O=C(O)C1Cc2nc[nH]c2CN1S(=O)(=O)c1cccs1. The fourth-order valence-electron chi connectivity index (χ4n) is 2.20. The number of hydrogen-bond donors (Lipinski definition) is 2. The van der Waals surface area contributed by atoms with E-state index >= 15 is 0 Å². The maximum atomic E-state index is 12.5. The number of carboxylic acids is 1. The van der Waals surface area contributed by atoms with E-state index in [2.05, 4.69) is 9.97 Å². The van der Waals surface area contributed by atoms with Crippen LogP contribution in [-0.2, 0) is 27.8 Å². The van der Waals surface area contributed by atoms with Crippen LogP contribution in [0.1, 0.15) is 11.4 Å². The topological polar surface area (TPSA) is 103 Å². The summed E-state index contributed by atoms with van der Waals surface area (Å²) in [7, 11) is -3.81. The number of carboxylic acid groups (broad SMARTS) is 1. The number of hydrogen-bond acceptors (Lipinski definition) is 5. The largest absolute Gasteiger partial charge is 0.480 e. The summed E-state index contributed by atoms with van der Waals surface area (Å²) in [4.78, 5) is 18.3. The molecule has 0 amide bonds. The van der Waals surface area contributed by atoms with Crippen LogP contribution in [0.5, 0.6) is 0 Å². The van der Waals surface area contributed by atoms with Gasteiger partial charge < -0.3 is 10.1 Å². The molecule has 1 unspecified atom stereocenters. The molecule has 1 aliphatic heterocycles. The molecule has 0 saturated heterocycles. The highest BCUT2D eigenvalue weighted by Gasteiger charge is 2.41. The zero-order valence-corrected chi connectivity index (χ0v) is 11.8. The van der Waals surface area contributed by atoms with Gasteiger partial charge in [-0.1, -0.05) is 6.07 Å². The van der Waals surface area contributed by atoms with Crippen LogP contribution in [-0.4, -0.2) is 39.8 Å². The Kier molecular flexibility index (Phi) is 3.11. The summed E-state index contributed by atoms with van der Waals surface area (Å²) in [5.41, 5.74) is 1.25. The smallest absolute Gasteiger partial charge is 0.322 e. The lowest BCUT2D eigenvalue weighted by atomic mass is 10.1. The van der Waals surface area contributed by atoms with Gasteiger partial charge in [-0.25, -0.2) is 13.4 Å². The summed E-state index contributed by atoms with van der Waals surface area (Å²) in [5.74, 6) is -1.17. The number of sulfonamides is 1. The number of aromatic nitrogens is 2. The molecule has 9 heteroatoms. The molecule has 2 aromatic heterocycles. The second-order valence-corrected chi connectivity index (χ2v) is 7.43. The Morgan fingerprint density at radius 2 is 2.35 bits per heavy atom. The minimum atomic E-state index is -3.81. The van der Waals surface area contributed by atoms with E-state index in [0.29, 0.717) is 11.4 Å². The van der Waals surface area contributed by atoms with Crippen LogP contribution in [0.25, 0.3) is 0 Å². The Morgan fingerprint density at radius 1 is 1.55 bits per heavy atom. The van der Waals surface area contributed by atoms with Crippen LogP contribution in [0.2, 0.25) is 0 Å². The van der Waals surface area contributed by atoms with E-state index in [1.54, 1.807) is 11.4 Å². The van der Waals surface area contributed by atoms with E-state index in [9.17, 15) is 18.3 Å². The average molecular weight is 313 g/mol. The van der Waals surface area contributed by atoms with Crippen molar-refractivity contribution in [2.24, 2.45) is 0 Å². The summed E-state index contributed by atoms with van der Waals surface area (Å²) in [5, 5.41) is 10.9. The molecule has 106 valence electrons. The molecule has 0 fully saturated rings. The van der Waals surface area contributed by atoms with E-state index < -0.39 is 22.0 Å². The van der Waals surface area contributed by atoms with Crippen molar-refractivity contribution in [1.29, 1.82) is 0 Å². The maximum Gasteiger partial charge on any atom is 0.322 e. The first-order valence-corrected chi connectivity index (χ1v) is 8.11. The third-order valence-corrected chi connectivity index (χ3v) is 6.43. The quantitative estimate of drug-likeness (QED) is 0.867. The lowest BCUT2D eigenvalue weighted by Crippen LogP contribution is -2.48. The third kappa shape index (κ3) is 2.03. The molecule has 0 aromatic carbocycles. The van der Waals surface area contributed by atoms with Crippen molar-refractivity contribution in [3.05, 3.63) is 35.2 Å². The van der Waals surface area contributed by atoms with Crippen molar-refractivity contribution in [2.45, 2.75) is 23.2 Å². The predicted molar refractivity (Wildman–Crippen MR) is 70.8 cm³/mol. The van der Waals surface area contributed by atoms with Crippen LogP contribution in [0.3, 0.4) is 0 Å². The monoisotopic (exact) mass is 313 g/mol. The molecule has 0 saturated carbocycles. The minimum absolute atomic E-state index is 0.00741. The number of aliphatic carboxylic acids is 1. The molecule has 20 heavy (non-hydrogen) atoms. The Balaban J connectivity index is 2.05. The van der Waals surface area contributed by atoms with Crippen molar-refractivity contribution in [3.63, 3.8) is 0 Å². The molecule has 7 nitrogen and oxygen atoms in total. The van der Waals surface area contributed by atoms with Gasteiger partial charge in [-0.3, -0.25) is 4.79 Å². The van der Waals surface area contributed by atoms with Crippen molar-refractivity contribution < 1.29 is 18.3 Å². The minimum Gasteiger partial charge on any atom is -0.480 e. The second-order valence-electron chi connectivity index (χ2n) is 4.37. The summed E-state index contributed by atoms with van der Waals surface area (Å²) >= 11 is 1.07. The van der Waals surface area contributed by atoms with Crippen molar-refractivity contribution in [1.82, 2.24) is 14.3 Å². The molecule has 3 rings (SSSR count). The lowest BCUT2D eigenvalue weighted by Gasteiger charge is -2.30. The highest BCUT2D eigenvalue weighted by molar-refractivity contribution is 7.91. The molecule has 3 heterocycles. The van der Waals surface area contributed by atoms with Crippen molar-refractivity contribution in [3.8, 4) is 0 Å². The van der Waals surface area contributed by atoms with Gasteiger partial charge in [0.15, 0.2) is 0 Å². The molecule has 2 aromatic rings. The molecule has 1 atom stereocenters. The number of fused-ring (bicyclic) bond motifs is 1. The Hall–Kier alpha value is -1.71. The van der Waals surface area contributed by atoms with Gasteiger partial charge in [0.2, 0.25) is 0 Å². The number of rotatable bonds is 3. The zero-order valence-electron chi connectivity index (χ0n) is 10.2. The summed E-state index contributed by atoms with van der Waals surface area (Å²) < 4.78 is 26.2. The van der Waals surface area contributed by atoms with Crippen molar-refractivity contribution >= 4 is 27.3 Å². The maximum absolute atomic E-state index is 12.5. The van der Waals surface area contributed by atoms with Crippen molar-refractivity contribution in [2.75, 3.05) is 0 Å². The summed E-state index contributed by atoms with van der Waals surface area (Å²) in [6.07, 6.45) is 1.52. The van der Waals surface area contributed by atoms with Gasteiger partial charge in [-0.2, -0.15) is 4.31 Å². The Bertz CT molecular complexity index is 736. The molecule has 2 N–H and O–H groups in total. The van der Waals surface area contributed by atoms with Gasteiger partial charge in [0.1, 0.15) is 10.3 Å². The summed E-state index contributed by atoms with van der Waals surface area (Å²) in [6, 6.07) is 1.97. The standard InChI is InChI=1S/C11H11N3O4S2/c15-11(16)9-4-7-8(13-6-12-7)5-14(9)20(17,18)10-2-1-3-19-10/h1-3,6,9H,4-5H2,(H,12,13)(H,15,16). The highest BCUT2D eigenvalue weighted by Crippen LogP contribution is 2.29. The molecular formula is C11H11N3O4S2. The second kappa shape index (κ2) is 4.69. The average Bonchev–Trinajstić information content (AvgIpc) is 3.08. The van der Waals surface area contributed by atoms with Crippen LogP contribution in [0, 0.1) is 0 Å². The number of imidazole rings is 1. The number of H-pyrrole nitrogens is 1. The van der Waals surface area contributed by atoms with Gasteiger partial charge in [0, 0.05) is 6.42 Å². The molecule has 0 bridgehead atoms. The fraction of sp³-hybridized carbons (Fsp3) is 0.273. The number of thiophene rings is 1. The lowest BCUT2D eigenvalue weighted by molar-refractivity contribution is -0.141. The van der Waals surface area contributed by atoms with Crippen LogP contribution < -0.4 is 0 Å². The number of aromatic amines is 1. The van der Waals surface area contributed by atoms with Crippen LogP contribution in [0.4, 0.5) is 0 Å². The van der Waals surface area contributed by atoms with E-state index in [1.165, 1.54) is 12.4 Å². The Morgan fingerprint density at radius 3 is 3.00 bits per heavy atom. The van der Waals surface area contributed by atoms with E-state index in [1.807, 2.05) is 0 Å². The predicted octanol–water partition coefficient (Wildman–Crippen LogP) is 0.671. The molecular weight excluding hydrogens is 302 g/mol. The third-order valence-electron chi connectivity index (χ3n) is 3.20. The van der Waals surface area contributed by atoms with Crippen LogP contribution in [0.15, 0.2) is 28.0 Å². The highest BCUT2D eigenvalue weighted by atomic mass is 32.2. The number of nitrogens with one attached hydrogen (secondary N) is 1. The summed E-state index contributed by atoms with van der Waals surface area (Å²) in [6.45, 7) is -0.00741. The van der Waals surface area contributed by atoms with E-state index in [0.717, 1.165) is 15.6 Å². The van der Waals surface area contributed by atoms with E-state index in [4.69, 9.17) is 0 Å². The van der Waals surface area contributed by atoms with Gasteiger partial charge in [-0.05, 0) is 11.4 Å². The van der Waals surface area contributed by atoms with Gasteiger partial charge in [0.25, 0.3) is 10.0 Å². The zero-order chi connectivity index (χ0) is 14.3. The fourth-order valence-corrected chi connectivity index (χ4v) is 4.87. The first-order chi connectivity index (χ1) is 9.50. The normalized spacial score (nSPS) is 19.7. The van der Waals surface area contributed by atoms with Gasteiger partial charge >= 0.3 is 5.97 Å². The first kappa shape index (κ1) is 13.3. The number of nitrogens with zero attached hydrogens (tertiary/aromatic N) is 2. The Labute approximate surface area is 118 Å². The van der Waals surface area contributed by atoms with Crippen LogP contribution >= 0.6 is 11.3 Å². The number of carbonyl (C=O) groups is 1. The molecule has 0 spiro atoms. The molecule has 0 aliphatic carbocycles. The van der Waals surface area contributed by atoms with Gasteiger partial charge in [-0.15, -0.1) is 11.3 Å². The first-order valence-electron chi connectivity index (χ1n) is 5.79.